The van der Waals surface area contributed by atoms with Crippen molar-refractivity contribution in [3.8, 4) is 6.07 Å². The summed E-state index contributed by atoms with van der Waals surface area (Å²) in [5.74, 6) is 1.33. The first kappa shape index (κ1) is 17.9. The molecule has 0 fully saturated rings. The smallest absolute Gasteiger partial charge is 0.161 e. The Bertz CT molecular complexity index is 900. The van der Waals surface area contributed by atoms with E-state index in [1.54, 1.807) is 12.1 Å². The van der Waals surface area contributed by atoms with Gasteiger partial charge in [0.2, 0.25) is 0 Å². The number of benzene rings is 1. The average Bonchev–Trinajstić information content (AvgIpc) is 2.95. The van der Waals surface area contributed by atoms with Gasteiger partial charge in [-0.1, -0.05) is 39.0 Å². The highest BCUT2D eigenvalue weighted by Crippen LogP contribution is 2.46. The first-order chi connectivity index (χ1) is 12.3. The predicted molar refractivity (Wildman–Crippen MR) is 102 cm³/mol. The topological polar surface area (TPSA) is 81.6 Å². The van der Waals surface area contributed by atoms with Gasteiger partial charge in [0, 0.05) is 34.9 Å². The molecule has 1 atom stereocenters. The molecule has 0 saturated carbocycles. The van der Waals surface area contributed by atoms with E-state index >= 15 is 0 Å². The largest absolute Gasteiger partial charge is 0.342 e. The summed E-state index contributed by atoms with van der Waals surface area (Å²) in [6.07, 6.45) is 1.56. The fourth-order valence-electron chi connectivity index (χ4n) is 3.81. The molecule has 0 unspecified atom stereocenters. The van der Waals surface area contributed by atoms with Crippen LogP contribution < -0.4 is 5.32 Å². The zero-order valence-corrected chi connectivity index (χ0v) is 15.7. The van der Waals surface area contributed by atoms with E-state index in [9.17, 15) is 4.79 Å². The van der Waals surface area contributed by atoms with Gasteiger partial charge < -0.3 is 5.32 Å². The molecule has 26 heavy (non-hydrogen) atoms. The van der Waals surface area contributed by atoms with Gasteiger partial charge >= 0.3 is 0 Å². The van der Waals surface area contributed by atoms with Crippen LogP contribution in [0.3, 0.4) is 0 Å². The Balaban J connectivity index is 0.000000206. The zero-order valence-electron chi connectivity index (χ0n) is 15.7. The summed E-state index contributed by atoms with van der Waals surface area (Å²) >= 11 is 0. The van der Waals surface area contributed by atoms with Crippen molar-refractivity contribution >= 4 is 11.6 Å². The standard InChI is InChI=1S/C14H19N3O.C7H5N/c1-7-11-8(2)16-17-13(11)15-9-5-14(3,4)6-10(18)12(7)9;8-6-7-4-2-1-3-5-7/h7H,5-6H2,1-4H3,(H2,15,16,17);1-5H/t7-;/m0./s1. The number of aryl methyl sites for hydroxylation is 1. The van der Waals surface area contributed by atoms with E-state index in [0.717, 1.165) is 34.8 Å². The summed E-state index contributed by atoms with van der Waals surface area (Å²) in [6, 6.07) is 11.2. The van der Waals surface area contributed by atoms with Crippen molar-refractivity contribution in [3.63, 3.8) is 0 Å². The average molecular weight is 348 g/mol. The first-order valence-corrected chi connectivity index (χ1v) is 8.85. The lowest BCUT2D eigenvalue weighted by Gasteiger charge is -2.37. The molecule has 5 heteroatoms. The molecule has 5 nitrogen and oxygen atoms in total. The number of nitrogens with one attached hydrogen (secondary N) is 2. The number of hydrogen-bond acceptors (Lipinski definition) is 4. The molecule has 0 radical (unpaired) electrons. The van der Waals surface area contributed by atoms with Crippen molar-refractivity contribution in [3.05, 3.63) is 58.4 Å². The number of carbonyl (C=O) groups is 1. The zero-order chi connectivity index (χ0) is 18.9. The molecule has 2 aromatic rings. The molecule has 134 valence electrons. The first-order valence-electron chi connectivity index (χ1n) is 8.85. The van der Waals surface area contributed by atoms with Crippen LogP contribution in [0.15, 0.2) is 41.6 Å². The van der Waals surface area contributed by atoms with Gasteiger partial charge in [0.15, 0.2) is 11.6 Å². The number of carbonyl (C=O) groups excluding carboxylic acids is 1. The minimum atomic E-state index is 0.0471. The number of aromatic nitrogens is 2. The molecular weight excluding hydrogens is 324 g/mol. The number of fused-ring (bicyclic) bond motifs is 1. The monoisotopic (exact) mass is 348 g/mol. The Morgan fingerprint density at radius 3 is 2.54 bits per heavy atom. The van der Waals surface area contributed by atoms with Gasteiger partial charge in [0.25, 0.3) is 0 Å². The molecule has 0 saturated heterocycles. The predicted octanol–water partition coefficient (Wildman–Crippen LogP) is 4.45. The number of nitriles is 1. The van der Waals surface area contributed by atoms with Crippen molar-refractivity contribution in [1.82, 2.24) is 10.2 Å². The molecular formula is C21H24N4O. The highest BCUT2D eigenvalue weighted by atomic mass is 16.1. The highest BCUT2D eigenvalue weighted by molar-refractivity contribution is 6.00. The van der Waals surface area contributed by atoms with Gasteiger partial charge in [0.1, 0.15) is 0 Å². The van der Waals surface area contributed by atoms with E-state index in [1.807, 2.05) is 31.2 Å². The number of H-pyrrole nitrogens is 1. The number of Topliss-reactive ketones (excluding diaryl/α,β-unsaturated/α-hetero) is 1. The molecule has 0 spiro atoms. The van der Waals surface area contributed by atoms with Gasteiger partial charge in [-0.3, -0.25) is 9.89 Å². The summed E-state index contributed by atoms with van der Waals surface area (Å²) in [4.78, 5) is 12.4. The van der Waals surface area contributed by atoms with Crippen LogP contribution >= 0.6 is 0 Å². The Hall–Kier alpha value is -2.87. The Kier molecular flexibility index (Phi) is 4.69. The number of aromatic amines is 1. The molecule has 2 N–H and O–H groups in total. The van der Waals surface area contributed by atoms with Crippen LogP contribution in [0.5, 0.6) is 0 Å². The van der Waals surface area contributed by atoms with E-state index < -0.39 is 0 Å². The number of allylic oxidation sites excluding steroid dienone is 2. The van der Waals surface area contributed by atoms with Crippen molar-refractivity contribution in [2.45, 2.75) is 46.5 Å². The Morgan fingerprint density at radius 1 is 1.23 bits per heavy atom. The lowest BCUT2D eigenvalue weighted by Crippen LogP contribution is -2.32. The van der Waals surface area contributed by atoms with Gasteiger partial charge in [-0.2, -0.15) is 10.4 Å². The van der Waals surface area contributed by atoms with Gasteiger partial charge in [0.05, 0.1) is 11.6 Å². The Labute approximate surface area is 154 Å². The van der Waals surface area contributed by atoms with E-state index in [2.05, 4.69) is 36.3 Å². The maximum Gasteiger partial charge on any atom is 0.161 e. The van der Waals surface area contributed by atoms with Crippen LogP contribution in [0.1, 0.15) is 56.4 Å². The summed E-state index contributed by atoms with van der Waals surface area (Å²) < 4.78 is 0. The van der Waals surface area contributed by atoms with E-state index in [1.165, 1.54) is 0 Å². The second-order valence-corrected chi connectivity index (χ2v) is 7.77. The minimum absolute atomic E-state index is 0.0471. The summed E-state index contributed by atoms with van der Waals surface area (Å²) in [5.41, 5.74) is 4.99. The molecule has 0 bridgehead atoms. The van der Waals surface area contributed by atoms with Crippen LogP contribution in [0, 0.1) is 23.7 Å². The van der Waals surface area contributed by atoms with Crippen LogP contribution in [0.25, 0.3) is 0 Å². The normalized spacial score (nSPS) is 20.1. The maximum atomic E-state index is 12.4. The van der Waals surface area contributed by atoms with Crippen LogP contribution in [-0.4, -0.2) is 16.0 Å². The molecule has 1 aromatic carbocycles. The molecule has 1 aliphatic heterocycles. The van der Waals surface area contributed by atoms with Gasteiger partial charge in [-0.05, 0) is 30.9 Å². The third-order valence-corrected chi connectivity index (χ3v) is 4.95. The second kappa shape index (κ2) is 6.80. The number of ketones is 1. The lowest BCUT2D eigenvalue weighted by atomic mass is 9.71. The second-order valence-electron chi connectivity index (χ2n) is 7.77. The number of anilines is 1. The van der Waals surface area contributed by atoms with Crippen molar-refractivity contribution in [2.24, 2.45) is 5.41 Å². The van der Waals surface area contributed by atoms with Crippen LogP contribution in [0.2, 0.25) is 0 Å². The molecule has 2 heterocycles. The minimum Gasteiger partial charge on any atom is -0.342 e. The fraction of sp³-hybridized carbons (Fsp3) is 0.381. The fourth-order valence-corrected chi connectivity index (χ4v) is 3.81. The number of nitrogens with zero attached hydrogens (tertiary/aromatic N) is 2. The summed E-state index contributed by atoms with van der Waals surface area (Å²) in [7, 11) is 0. The van der Waals surface area contributed by atoms with Crippen LogP contribution in [0.4, 0.5) is 5.82 Å². The van der Waals surface area contributed by atoms with E-state index in [4.69, 9.17) is 5.26 Å². The van der Waals surface area contributed by atoms with Gasteiger partial charge in [-0.15, -0.1) is 0 Å². The third-order valence-electron chi connectivity index (χ3n) is 4.95. The van der Waals surface area contributed by atoms with Crippen molar-refractivity contribution in [2.75, 3.05) is 5.32 Å². The maximum absolute atomic E-state index is 12.4. The summed E-state index contributed by atoms with van der Waals surface area (Å²) in [6.45, 7) is 8.40. The van der Waals surface area contributed by atoms with Crippen LogP contribution in [-0.2, 0) is 4.79 Å². The van der Waals surface area contributed by atoms with Crippen molar-refractivity contribution in [1.29, 1.82) is 5.26 Å². The highest BCUT2D eigenvalue weighted by Gasteiger charge is 2.39. The molecule has 2 aliphatic rings. The lowest BCUT2D eigenvalue weighted by molar-refractivity contribution is -0.118. The van der Waals surface area contributed by atoms with Gasteiger partial charge in [-0.25, -0.2) is 0 Å². The van der Waals surface area contributed by atoms with Crippen molar-refractivity contribution < 1.29 is 4.79 Å². The van der Waals surface area contributed by atoms with E-state index in [0.29, 0.717) is 12.0 Å². The number of rotatable bonds is 0. The SMILES string of the molecule is Cc1[nH]nc2c1[C@H](C)C1=C(CC(C)(C)CC1=O)N2.N#Cc1ccccc1. The third kappa shape index (κ3) is 3.41. The summed E-state index contributed by atoms with van der Waals surface area (Å²) in [5, 5.41) is 18.9. The van der Waals surface area contributed by atoms with E-state index in [-0.39, 0.29) is 17.1 Å². The Morgan fingerprint density at radius 2 is 1.92 bits per heavy atom. The number of hydrogen-bond donors (Lipinski definition) is 2. The molecule has 1 aromatic heterocycles. The molecule has 1 aliphatic carbocycles. The molecule has 0 amide bonds. The quantitative estimate of drug-likeness (QED) is 0.737. The molecule has 4 rings (SSSR count).